The van der Waals surface area contributed by atoms with Gasteiger partial charge in [-0.25, -0.2) is 0 Å². The van der Waals surface area contributed by atoms with Crippen LogP contribution in [0.15, 0.2) is 15.9 Å². The van der Waals surface area contributed by atoms with Gasteiger partial charge in [-0.15, -0.1) is 11.3 Å². The summed E-state index contributed by atoms with van der Waals surface area (Å²) in [6.45, 7) is 6.14. The molecular formula is C13H21BrN2OS. The maximum absolute atomic E-state index is 5.97. The largest absolute Gasteiger partial charge is 0.374 e. The van der Waals surface area contributed by atoms with Crippen molar-refractivity contribution in [3.63, 3.8) is 0 Å². The van der Waals surface area contributed by atoms with Gasteiger partial charge >= 0.3 is 0 Å². The molecule has 1 aromatic heterocycles. The van der Waals surface area contributed by atoms with Crippen LogP contribution in [0.25, 0.3) is 0 Å². The van der Waals surface area contributed by atoms with Crippen molar-refractivity contribution in [2.75, 3.05) is 33.3 Å². The van der Waals surface area contributed by atoms with Crippen LogP contribution in [0.2, 0.25) is 0 Å². The molecule has 18 heavy (non-hydrogen) atoms. The van der Waals surface area contributed by atoms with Gasteiger partial charge in [-0.3, -0.25) is 4.90 Å². The molecule has 102 valence electrons. The van der Waals surface area contributed by atoms with Gasteiger partial charge in [0.05, 0.1) is 18.8 Å². The number of thiophene rings is 1. The van der Waals surface area contributed by atoms with Crippen molar-refractivity contribution in [2.24, 2.45) is 0 Å². The van der Waals surface area contributed by atoms with Crippen LogP contribution in [0.3, 0.4) is 0 Å². The van der Waals surface area contributed by atoms with Gasteiger partial charge in [-0.2, -0.15) is 0 Å². The maximum atomic E-state index is 5.97. The Hall–Kier alpha value is 0.0600. The number of hydrogen-bond acceptors (Lipinski definition) is 4. The summed E-state index contributed by atoms with van der Waals surface area (Å²) in [7, 11) is 1.99. The van der Waals surface area contributed by atoms with Crippen molar-refractivity contribution in [1.29, 1.82) is 0 Å². The van der Waals surface area contributed by atoms with Gasteiger partial charge in [0.1, 0.15) is 0 Å². The predicted molar refractivity (Wildman–Crippen MR) is 80.3 cm³/mol. The summed E-state index contributed by atoms with van der Waals surface area (Å²) in [5.41, 5.74) is 0. The Morgan fingerprint density at radius 2 is 2.44 bits per heavy atom. The minimum absolute atomic E-state index is 0.241. The SMILES string of the molecule is CCCN1CCOC(CNC)C1c1sccc1Br. The molecule has 0 aromatic carbocycles. The lowest BCUT2D eigenvalue weighted by atomic mass is 10.0. The zero-order chi connectivity index (χ0) is 13.0. The highest BCUT2D eigenvalue weighted by molar-refractivity contribution is 9.10. The van der Waals surface area contributed by atoms with Crippen molar-refractivity contribution >= 4 is 27.3 Å². The Balaban J connectivity index is 2.23. The third-order valence-corrected chi connectivity index (χ3v) is 5.23. The molecule has 2 atom stereocenters. The van der Waals surface area contributed by atoms with Gasteiger partial charge in [0.2, 0.25) is 0 Å². The topological polar surface area (TPSA) is 24.5 Å². The lowest BCUT2D eigenvalue weighted by Crippen LogP contribution is -2.48. The molecule has 1 fully saturated rings. The van der Waals surface area contributed by atoms with E-state index in [0.29, 0.717) is 6.04 Å². The van der Waals surface area contributed by atoms with Crippen molar-refractivity contribution in [2.45, 2.75) is 25.5 Å². The van der Waals surface area contributed by atoms with E-state index in [9.17, 15) is 0 Å². The van der Waals surface area contributed by atoms with Crippen LogP contribution in [0, 0.1) is 0 Å². The number of halogens is 1. The number of rotatable bonds is 5. The van der Waals surface area contributed by atoms with Gasteiger partial charge < -0.3 is 10.1 Å². The molecule has 2 heterocycles. The number of nitrogens with one attached hydrogen (secondary N) is 1. The highest BCUT2D eigenvalue weighted by Gasteiger charge is 2.34. The predicted octanol–water partition coefficient (Wildman–Crippen LogP) is 2.88. The number of nitrogens with zero attached hydrogens (tertiary/aromatic N) is 1. The molecular weight excluding hydrogens is 312 g/mol. The molecule has 0 spiro atoms. The van der Waals surface area contributed by atoms with E-state index in [-0.39, 0.29) is 6.10 Å². The van der Waals surface area contributed by atoms with Gasteiger partial charge in [0, 0.05) is 22.4 Å². The van der Waals surface area contributed by atoms with E-state index in [2.05, 4.69) is 44.5 Å². The molecule has 0 aliphatic carbocycles. The zero-order valence-electron chi connectivity index (χ0n) is 11.0. The van der Waals surface area contributed by atoms with E-state index in [1.54, 1.807) is 0 Å². The van der Waals surface area contributed by atoms with Crippen molar-refractivity contribution < 1.29 is 4.74 Å². The summed E-state index contributed by atoms with van der Waals surface area (Å²) in [5, 5.41) is 5.40. The van der Waals surface area contributed by atoms with Crippen molar-refractivity contribution in [1.82, 2.24) is 10.2 Å². The van der Waals surface area contributed by atoms with Crippen molar-refractivity contribution in [3.05, 3.63) is 20.8 Å². The van der Waals surface area contributed by atoms with E-state index < -0.39 is 0 Å². The second-order valence-corrected chi connectivity index (χ2v) is 6.38. The van der Waals surface area contributed by atoms with Gasteiger partial charge in [0.15, 0.2) is 0 Å². The van der Waals surface area contributed by atoms with E-state index >= 15 is 0 Å². The van der Waals surface area contributed by atoms with E-state index in [4.69, 9.17) is 4.74 Å². The molecule has 0 saturated carbocycles. The first kappa shape index (κ1) is 14.5. The monoisotopic (exact) mass is 332 g/mol. The lowest BCUT2D eigenvalue weighted by molar-refractivity contribution is -0.0694. The smallest absolute Gasteiger partial charge is 0.0904 e. The summed E-state index contributed by atoms with van der Waals surface area (Å²) in [5.74, 6) is 0. The normalized spacial score (nSPS) is 25.5. The van der Waals surface area contributed by atoms with Crippen LogP contribution < -0.4 is 5.32 Å². The average molecular weight is 333 g/mol. The van der Waals surface area contributed by atoms with Crippen LogP contribution >= 0.6 is 27.3 Å². The molecule has 1 aromatic rings. The van der Waals surface area contributed by atoms with E-state index in [0.717, 1.165) is 26.2 Å². The Labute approximate surface area is 122 Å². The molecule has 0 bridgehead atoms. The molecule has 0 radical (unpaired) electrons. The van der Waals surface area contributed by atoms with Crippen LogP contribution in [-0.2, 0) is 4.74 Å². The number of ether oxygens (including phenoxy) is 1. The molecule has 2 unspecified atom stereocenters. The Morgan fingerprint density at radius 1 is 1.61 bits per heavy atom. The third-order valence-electron chi connectivity index (χ3n) is 3.29. The lowest BCUT2D eigenvalue weighted by Gasteiger charge is -2.41. The fraction of sp³-hybridized carbons (Fsp3) is 0.692. The summed E-state index contributed by atoms with van der Waals surface area (Å²) >= 11 is 5.49. The van der Waals surface area contributed by atoms with E-state index in [1.165, 1.54) is 15.8 Å². The number of morpholine rings is 1. The van der Waals surface area contributed by atoms with Crippen LogP contribution in [0.1, 0.15) is 24.3 Å². The Morgan fingerprint density at radius 3 is 3.06 bits per heavy atom. The fourth-order valence-corrected chi connectivity index (χ4v) is 4.34. The zero-order valence-corrected chi connectivity index (χ0v) is 13.4. The van der Waals surface area contributed by atoms with E-state index in [1.807, 2.05) is 18.4 Å². The summed E-state index contributed by atoms with van der Waals surface area (Å²) in [6.07, 6.45) is 1.43. The van der Waals surface area contributed by atoms with Gasteiger partial charge in [-0.1, -0.05) is 6.92 Å². The second-order valence-electron chi connectivity index (χ2n) is 4.58. The average Bonchev–Trinajstić information content (AvgIpc) is 2.77. The van der Waals surface area contributed by atoms with Crippen LogP contribution in [0.4, 0.5) is 0 Å². The maximum Gasteiger partial charge on any atom is 0.0904 e. The first-order valence-electron chi connectivity index (χ1n) is 6.51. The standard InChI is InChI=1S/C13H21BrN2OS/c1-3-5-16-6-7-17-11(9-15-2)12(16)13-10(14)4-8-18-13/h4,8,11-12,15H,3,5-7,9H2,1-2H3. The second kappa shape index (κ2) is 7.01. The molecule has 1 aliphatic heterocycles. The molecule has 5 heteroatoms. The third kappa shape index (κ3) is 3.14. The minimum atomic E-state index is 0.241. The number of hydrogen-bond donors (Lipinski definition) is 1. The van der Waals surface area contributed by atoms with Crippen LogP contribution in [0.5, 0.6) is 0 Å². The quantitative estimate of drug-likeness (QED) is 0.897. The molecule has 3 nitrogen and oxygen atoms in total. The summed E-state index contributed by atoms with van der Waals surface area (Å²) in [6, 6.07) is 2.51. The number of likely N-dealkylation sites (N-methyl/N-ethyl adjacent to an activating group) is 1. The van der Waals surface area contributed by atoms with Crippen LogP contribution in [-0.4, -0.2) is 44.3 Å². The fourth-order valence-electron chi connectivity index (χ4n) is 2.55. The molecule has 2 rings (SSSR count). The highest BCUT2D eigenvalue weighted by Crippen LogP contribution is 2.37. The van der Waals surface area contributed by atoms with Gasteiger partial charge in [0.25, 0.3) is 0 Å². The summed E-state index contributed by atoms with van der Waals surface area (Å²) in [4.78, 5) is 3.95. The minimum Gasteiger partial charge on any atom is -0.374 e. The first-order valence-corrected chi connectivity index (χ1v) is 8.18. The first-order chi connectivity index (χ1) is 8.77. The van der Waals surface area contributed by atoms with Gasteiger partial charge in [-0.05, 0) is 47.4 Å². The Kier molecular flexibility index (Phi) is 5.63. The molecule has 1 N–H and O–H groups in total. The summed E-state index contributed by atoms with van der Waals surface area (Å²) < 4.78 is 7.18. The van der Waals surface area contributed by atoms with Crippen molar-refractivity contribution in [3.8, 4) is 0 Å². The molecule has 1 saturated heterocycles. The Bertz CT molecular complexity index is 354. The highest BCUT2D eigenvalue weighted by atomic mass is 79.9. The molecule has 1 aliphatic rings. The molecule has 0 amide bonds.